The first-order chi connectivity index (χ1) is 10.7. The summed E-state index contributed by atoms with van der Waals surface area (Å²) in [5, 5.41) is 7.23. The molecule has 6 heteroatoms. The molecule has 1 amide bonds. The summed E-state index contributed by atoms with van der Waals surface area (Å²) in [7, 11) is 0. The Labute approximate surface area is 143 Å². The lowest BCUT2D eigenvalue weighted by atomic mass is 10.1. The van der Waals surface area contributed by atoms with Gasteiger partial charge in [0, 0.05) is 18.8 Å². The van der Waals surface area contributed by atoms with E-state index in [2.05, 4.69) is 17.3 Å². The van der Waals surface area contributed by atoms with Crippen LogP contribution in [0, 0.1) is 0 Å². The van der Waals surface area contributed by atoms with Gasteiger partial charge >= 0.3 is 0 Å². The van der Waals surface area contributed by atoms with Crippen molar-refractivity contribution in [2.75, 3.05) is 6.54 Å². The molecule has 1 unspecified atom stereocenters. The number of aromatic nitrogens is 2. The van der Waals surface area contributed by atoms with Gasteiger partial charge in [-0.1, -0.05) is 50.1 Å². The molecule has 1 aromatic heterocycles. The first-order valence-electron chi connectivity index (χ1n) is 7.80. The minimum atomic E-state index is -0.106. The molecule has 0 aliphatic rings. The van der Waals surface area contributed by atoms with Crippen LogP contribution in [0.4, 0.5) is 0 Å². The highest BCUT2D eigenvalue weighted by molar-refractivity contribution is 5.93. The Morgan fingerprint density at radius 3 is 2.74 bits per heavy atom. The van der Waals surface area contributed by atoms with Crippen molar-refractivity contribution in [2.24, 2.45) is 5.73 Å². The summed E-state index contributed by atoms with van der Waals surface area (Å²) >= 11 is 0. The number of hydrogen-bond donors (Lipinski definition) is 2. The van der Waals surface area contributed by atoms with Crippen molar-refractivity contribution in [3.63, 3.8) is 0 Å². The lowest BCUT2D eigenvalue weighted by molar-refractivity contribution is 0.0935. The molecule has 0 aliphatic heterocycles. The molecule has 1 heterocycles. The van der Waals surface area contributed by atoms with E-state index in [9.17, 15) is 4.79 Å². The van der Waals surface area contributed by atoms with Crippen molar-refractivity contribution in [1.82, 2.24) is 15.1 Å². The van der Waals surface area contributed by atoms with E-state index in [-0.39, 0.29) is 24.4 Å². The zero-order chi connectivity index (χ0) is 15.8. The lowest BCUT2D eigenvalue weighted by Gasteiger charge is -2.15. The van der Waals surface area contributed by atoms with Crippen molar-refractivity contribution in [1.29, 1.82) is 0 Å². The van der Waals surface area contributed by atoms with Gasteiger partial charge in [-0.05, 0) is 12.0 Å². The van der Waals surface area contributed by atoms with Crippen LogP contribution in [0.1, 0.15) is 42.1 Å². The number of nitrogens with zero attached hydrogens (tertiary/aromatic N) is 2. The van der Waals surface area contributed by atoms with Crippen molar-refractivity contribution in [3.05, 3.63) is 53.9 Å². The zero-order valence-electron chi connectivity index (χ0n) is 13.4. The van der Waals surface area contributed by atoms with E-state index in [0.717, 1.165) is 24.8 Å². The number of nitrogens with one attached hydrogen (secondary N) is 1. The predicted octanol–water partition coefficient (Wildman–Crippen LogP) is 2.60. The van der Waals surface area contributed by atoms with Gasteiger partial charge in [-0.25, -0.2) is 0 Å². The maximum atomic E-state index is 12.2. The van der Waals surface area contributed by atoms with Crippen LogP contribution in [0.15, 0.2) is 42.7 Å². The molecule has 0 bridgehead atoms. The van der Waals surface area contributed by atoms with Crippen LogP contribution in [0.3, 0.4) is 0 Å². The van der Waals surface area contributed by atoms with Crippen LogP contribution in [-0.4, -0.2) is 28.3 Å². The second-order valence-corrected chi connectivity index (χ2v) is 5.46. The molecule has 0 saturated heterocycles. The molecule has 3 N–H and O–H groups in total. The SMILES string of the molecule is CCCCC(CN)NC(=O)c1cnn(Cc2ccccc2)c1.Cl. The molecule has 0 radical (unpaired) electrons. The molecule has 0 spiro atoms. The highest BCUT2D eigenvalue weighted by atomic mass is 35.5. The van der Waals surface area contributed by atoms with Crippen molar-refractivity contribution in [3.8, 4) is 0 Å². The highest BCUT2D eigenvalue weighted by Gasteiger charge is 2.13. The summed E-state index contributed by atoms with van der Waals surface area (Å²) in [5.74, 6) is -0.106. The zero-order valence-corrected chi connectivity index (χ0v) is 14.3. The third kappa shape index (κ3) is 6.04. The third-order valence-corrected chi connectivity index (χ3v) is 3.61. The van der Waals surface area contributed by atoms with Crippen LogP contribution < -0.4 is 11.1 Å². The average Bonchev–Trinajstić information content (AvgIpc) is 3.01. The van der Waals surface area contributed by atoms with E-state index < -0.39 is 0 Å². The van der Waals surface area contributed by atoms with Crippen molar-refractivity contribution >= 4 is 18.3 Å². The summed E-state index contributed by atoms with van der Waals surface area (Å²) in [6.45, 7) is 3.25. The second-order valence-electron chi connectivity index (χ2n) is 5.46. The summed E-state index contributed by atoms with van der Waals surface area (Å²) in [6, 6.07) is 10.1. The van der Waals surface area contributed by atoms with Crippen LogP contribution in [0.2, 0.25) is 0 Å². The quantitative estimate of drug-likeness (QED) is 0.778. The van der Waals surface area contributed by atoms with Crippen LogP contribution in [-0.2, 0) is 6.54 Å². The number of carbonyl (C=O) groups excluding carboxylic acids is 1. The smallest absolute Gasteiger partial charge is 0.254 e. The first-order valence-corrected chi connectivity index (χ1v) is 7.80. The first kappa shape index (κ1) is 19.2. The maximum absolute atomic E-state index is 12.2. The average molecular weight is 337 g/mol. The standard InChI is InChI=1S/C17H24N4O.ClH/c1-2-3-9-16(10-18)20-17(22)15-11-19-21(13-15)12-14-7-5-4-6-8-14;/h4-8,11,13,16H,2-3,9-10,12,18H2,1H3,(H,20,22);1H. The van der Waals surface area contributed by atoms with E-state index in [0.29, 0.717) is 18.7 Å². The van der Waals surface area contributed by atoms with Crippen molar-refractivity contribution < 1.29 is 4.79 Å². The molecule has 0 fully saturated rings. The molecule has 1 aromatic carbocycles. The predicted molar refractivity (Wildman–Crippen MR) is 94.9 cm³/mol. The minimum Gasteiger partial charge on any atom is -0.348 e. The summed E-state index contributed by atoms with van der Waals surface area (Å²) < 4.78 is 1.77. The number of halogens is 1. The van der Waals surface area contributed by atoms with Crippen LogP contribution >= 0.6 is 12.4 Å². The van der Waals surface area contributed by atoms with E-state index in [1.54, 1.807) is 17.1 Å². The highest BCUT2D eigenvalue weighted by Crippen LogP contribution is 2.05. The summed E-state index contributed by atoms with van der Waals surface area (Å²) in [5.41, 5.74) is 7.44. The molecule has 0 aliphatic carbocycles. The molecule has 23 heavy (non-hydrogen) atoms. The molecular weight excluding hydrogens is 312 g/mol. The molecule has 0 saturated carbocycles. The number of amides is 1. The second kappa shape index (κ2) is 10.0. The monoisotopic (exact) mass is 336 g/mol. The van der Waals surface area contributed by atoms with Crippen LogP contribution in [0.25, 0.3) is 0 Å². The fourth-order valence-electron chi connectivity index (χ4n) is 2.31. The van der Waals surface area contributed by atoms with Gasteiger partial charge in [0.1, 0.15) is 0 Å². The topological polar surface area (TPSA) is 72.9 Å². The molecule has 5 nitrogen and oxygen atoms in total. The molecule has 1 atom stereocenters. The Morgan fingerprint density at radius 2 is 2.09 bits per heavy atom. The van der Waals surface area contributed by atoms with Gasteiger partial charge in [0.2, 0.25) is 0 Å². The fraction of sp³-hybridized carbons (Fsp3) is 0.412. The Hall–Kier alpha value is -1.85. The number of rotatable bonds is 8. The van der Waals surface area contributed by atoms with E-state index in [4.69, 9.17) is 5.73 Å². The largest absolute Gasteiger partial charge is 0.348 e. The van der Waals surface area contributed by atoms with E-state index in [1.165, 1.54) is 0 Å². The van der Waals surface area contributed by atoms with Gasteiger partial charge in [-0.3, -0.25) is 9.48 Å². The third-order valence-electron chi connectivity index (χ3n) is 3.61. The number of benzene rings is 1. The number of nitrogens with two attached hydrogens (primary N) is 1. The number of carbonyl (C=O) groups is 1. The van der Waals surface area contributed by atoms with Gasteiger partial charge in [0.15, 0.2) is 0 Å². The van der Waals surface area contributed by atoms with Gasteiger partial charge in [-0.2, -0.15) is 5.10 Å². The molecule has 2 aromatic rings. The minimum absolute atomic E-state index is 0. The van der Waals surface area contributed by atoms with E-state index >= 15 is 0 Å². The maximum Gasteiger partial charge on any atom is 0.254 e. The fourth-order valence-corrected chi connectivity index (χ4v) is 2.31. The number of hydrogen-bond acceptors (Lipinski definition) is 3. The summed E-state index contributed by atoms with van der Waals surface area (Å²) in [4.78, 5) is 12.2. The summed E-state index contributed by atoms with van der Waals surface area (Å²) in [6.07, 6.45) is 6.45. The van der Waals surface area contributed by atoms with Gasteiger partial charge < -0.3 is 11.1 Å². The molecule has 126 valence electrons. The van der Waals surface area contributed by atoms with Crippen LogP contribution in [0.5, 0.6) is 0 Å². The van der Waals surface area contributed by atoms with Gasteiger partial charge in [-0.15, -0.1) is 12.4 Å². The molecular formula is C17H25ClN4O. The molecule has 2 rings (SSSR count). The van der Waals surface area contributed by atoms with E-state index in [1.807, 2.05) is 30.3 Å². The number of unbranched alkanes of at least 4 members (excludes halogenated alkanes) is 1. The van der Waals surface area contributed by atoms with Gasteiger partial charge in [0.25, 0.3) is 5.91 Å². The Kier molecular flexibility index (Phi) is 8.37. The van der Waals surface area contributed by atoms with Gasteiger partial charge in [0.05, 0.1) is 18.3 Å². The Bertz CT molecular complexity index is 585. The lowest BCUT2D eigenvalue weighted by Crippen LogP contribution is -2.40. The van der Waals surface area contributed by atoms with Crippen molar-refractivity contribution in [2.45, 2.75) is 38.8 Å². The Balaban J connectivity index is 0.00000264. The normalized spacial score (nSPS) is 11.6. The Morgan fingerprint density at radius 1 is 1.35 bits per heavy atom.